The minimum absolute atomic E-state index is 0.124. The molecule has 1 aromatic rings. The van der Waals surface area contributed by atoms with Crippen molar-refractivity contribution in [2.75, 3.05) is 0 Å². The molecule has 0 saturated heterocycles. The van der Waals surface area contributed by atoms with E-state index in [4.69, 9.17) is 0 Å². The topological polar surface area (TPSA) is 17.1 Å². The average molecular weight is 147 g/mol. The van der Waals surface area contributed by atoms with Crippen LogP contribution in [0.4, 0.5) is 0 Å². The van der Waals surface area contributed by atoms with Crippen LogP contribution in [0.1, 0.15) is 29.8 Å². The number of hydrogen-bond acceptors (Lipinski definition) is 1. The summed E-state index contributed by atoms with van der Waals surface area (Å²) in [7, 11) is 0. The molecule has 0 N–H and O–H groups in total. The standard InChI is InChI=1S/C10H11O/c1-3-9-6-4-5-7-10(9)8(2)11/h3-7H,1-2H3. The Bertz CT molecular complexity index is 263. The van der Waals surface area contributed by atoms with Gasteiger partial charge >= 0.3 is 0 Å². The van der Waals surface area contributed by atoms with E-state index in [2.05, 4.69) is 0 Å². The average Bonchev–Trinajstić information content (AvgIpc) is 2.04. The second-order valence-corrected chi connectivity index (χ2v) is 2.43. The number of hydrogen-bond donors (Lipinski definition) is 0. The number of carbonyl (C=O) groups is 1. The van der Waals surface area contributed by atoms with E-state index < -0.39 is 0 Å². The Morgan fingerprint density at radius 1 is 1.36 bits per heavy atom. The zero-order valence-corrected chi connectivity index (χ0v) is 6.79. The Hall–Kier alpha value is -1.11. The Morgan fingerprint density at radius 3 is 2.45 bits per heavy atom. The maximum atomic E-state index is 11.0. The summed E-state index contributed by atoms with van der Waals surface area (Å²) in [6.07, 6.45) is 1.94. The van der Waals surface area contributed by atoms with Crippen molar-refractivity contribution in [3.63, 3.8) is 0 Å². The van der Waals surface area contributed by atoms with Crippen molar-refractivity contribution in [2.24, 2.45) is 0 Å². The van der Waals surface area contributed by atoms with Crippen LogP contribution < -0.4 is 0 Å². The summed E-state index contributed by atoms with van der Waals surface area (Å²) >= 11 is 0. The Balaban J connectivity index is 3.12. The number of carbonyl (C=O) groups excluding carboxylic acids is 1. The van der Waals surface area contributed by atoms with Gasteiger partial charge in [0, 0.05) is 5.56 Å². The van der Waals surface area contributed by atoms with Gasteiger partial charge in [0.05, 0.1) is 0 Å². The van der Waals surface area contributed by atoms with Crippen LogP contribution in [0.2, 0.25) is 0 Å². The molecule has 0 fully saturated rings. The zero-order valence-electron chi connectivity index (χ0n) is 6.79. The molecule has 11 heavy (non-hydrogen) atoms. The van der Waals surface area contributed by atoms with Crippen molar-refractivity contribution in [1.82, 2.24) is 0 Å². The van der Waals surface area contributed by atoms with Gasteiger partial charge in [0.1, 0.15) is 0 Å². The molecule has 1 rings (SSSR count). The first-order valence-electron chi connectivity index (χ1n) is 3.65. The first-order valence-corrected chi connectivity index (χ1v) is 3.65. The lowest BCUT2D eigenvalue weighted by Gasteiger charge is -2.01. The van der Waals surface area contributed by atoms with Crippen molar-refractivity contribution in [3.8, 4) is 0 Å². The fourth-order valence-electron chi connectivity index (χ4n) is 1.07. The molecular formula is C10H11O. The van der Waals surface area contributed by atoms with Crippen molar-refractivity contribution in [1.29, 1.82) is 0 Å². The summed E-state index contributed by atoms with van der Waals surface area (Å²) in [5, 5.41) is 0. The molecule has 0 saturated carbocycles. The second-order valence-electron chi connectivity index (χ2n) is 2.43. The summed E-state index contributed by atoms with van der Waals surface area (Å²) in [5.74, 6) is 0.124. The van der Waals surface area contributed by atoms with E-state index in [9.17, 15) is 4.79 Å². The summed E-state index contributed by atoms with van der Waals surface area (Å²) in [6.45, 7) is 3.52. The molecule has 0 aliphatic rings. The molecule has 1 nitrogen and oxygen atoms in total. The third kappa shape index (κ3) is 1.67. The van der Waals surface area contributed by atoms with Gasteiger partial charge in [0.25, 0.3) is 0 Å². The smallest absolute Gasteiger partial charge is 0.160 e. The SMILES string of the molecule is C[CH]c1ccccc1C(C)=O. The van der Waals surface area contributed by atoms with E-state index in [1.807, 2.05) is 37.6 Å². The van der Waals surface area contributed by atoms with Gasteiger partial charge in [-0.05, 0) is 18.9 Å². The van der Waals surface area contributed by atoms with E-state index in [1.54, 1.807) is 6.92 Å². The second kappa shape index (κ2) is 3.33. The van der Waals surface area contributed by atoms with Gasteiger partial charge in [-0.1, -0.05) is 31.2 Å². The van der Waals surface area contributed by atoms with Gasteiger partial charge in [-0.25, -0.2) is 0 Å². The largest absolute Gasteiger partial charge is 0.295 e. The Labute approximate surface area is 67.1 Å². The Morgan fingerprint density at radius 2 is 2.00 bits per heavy atom. The molecule has 0 amide bonds. The molecule has 0 unspecified atom stereocenters. The third-order valence-corrected chi connectivity index (χ3v) is 1.65. The quantitative estimate of drug-likeness (QED) is 0.587. The van der Waals surface area contributed by atoms with Gasteiger partial charge in [0.15, 0.2) is 5.78 Å². The van der Waals surface area contributed by atoms with Crippen LogP contribution in [-0.2, 0) is 0 Å². The summed E-state index contributed by atoms with van der Waals surface area (Å²) in [5.41, 5.74) is 1.81. The van der Waals surface area contributed by atoms with Gasteiger partial charge in [-0.2, -0.15) is 0 Å². The third-order valence-electron chi connectivity index (χ3n) is 1.65. The minimum atomic E-state index is 0.124. The molecule has 0 atom stereocenters. The van der Waals surface area contributed by atoms with Crippen LogP contribution in [0.5, 0.6) is 0 Å². The van der Waals surface area contributed by atoms with Crippen molar-refractivity contribution in [2.45, 2.75) is 13.8 Å². The zero-order chi connectivity index (χ0) is 8.27. The highest BCUT2D eigenvalue weighted by Gasteiger charge is 2.02. The van der Waals surface area contributed by atoms with Gasteiger partial charge in [-0.3, -0.25) is 4.79 Å². The van der Waals surface area contributed by atoms with Crippen LogP contribution in [-0.4, -0.2) is 5.78 Å². The molecule has 0 spiro atoms. The predicted molar refractivity (Wildman–Crippen MR) is 45.5 cm³/mol. The highest BCUT2D eigenvalue weighted by atomic mass is 16.1. The maximum absolute atomic E-state index is 11.0. The van der Waals surface area contributed by atoms with Gasteiger partial charge < -0.3 is 0 Å². The molecule has 57 valence electrons. The first kappa shape index (κ1) is 7.99. The monoisotopic (exact) mass is 147 g/mol. The van der Waals surface area contributed by atoms with Crippen LogP contribution >= 0.6 is 0 Å². The van der Waals surface area contributed by atoms with Gasteiger partial charge in [0.2, 0.25) is 0 Å². The van der Waals surface area contributed by atoms with Crippen LogP contribution in [0.25, 0.3) is 0 Å². The Kier molecular flexibility index (Phi) is 2.42. The van der Waals surface area contributed by atoms with E-state index in [-0.39, 0.29) is 5.78 Å². The summed E-state index contributed by atoms with van der Waals surface area (Å²) < 4.78 is 0. The molecule has 0 aromatic heterocycles. The van der Waals surface area contributed by atoms with Crippen molar-refractivity contribution in [3.05, 3.63) is 41.8 Å². The van der Waals surface area contributed by atoms with E-state index in [1.165, 1.54) is 0 Å². The normalized spacial score (nSPS) is 9.64. The first-order chi connectivity index (χ1) is 5.25. The highest BCUT2D eigenvalue weighted by molar-refractivity contribution is 5.95. The van der Waals surface area contributed by atoms with E-state index >= 15 is 0 Å². The molecular weight excluding hydrogens is 136 g/mol. The number of rotatable bonds is 2. The maximum Gasteiger partial charge on any atom is 0.160 e. The van der Waals surface area contributed by atoms with E-state index in [0.29, 0.717) is 0 Å². The number of benzene rings is 1. The summed E-state index contributed by atoms with van der Waals surface area (Å²) in [4.78, 5) is 11.0. The molecule has 0 aliphatic heterocycles. The molecule has 1 radical (unpaired) electrons. The molecule has 0 bridgehead atoms. The van der Waals surface area contributed by atoms with E-state index in [0.717, 1.165) is 11.1 Å². The number of ketones is 1. The van der Waals surface area contributed by atoms with Crippen LogP contribution in [0, 0.1) is 6.42 Å². The van der Waals surface area contributed by atoms with Crippen LogP contribution in [0.15, 0.2) is 24.3 Å². The molecule has 0 heterocycles. The summed E-state index contributed by atoms with van der Waals surface area (Å²) in [6, 6.07) is 7.60. The fraction of sp³-hybridized carbons (Fsp3) is 0.200. The molecule has 1 aromatic carbocycles. The fourth-order valence-corrected chi connectivity index (χ4v) is 1.07. The van der Waals surface area contributed by atoms with Crippen molar-refractivity contribution >= 4 is 5.78 Å². The minimum Gasteiger partial charge on any atom is -0.295 e. The lowest BCUT2D eigenvalue weighted by Crippen LogP contribution is -1.96. The predicted octanol–water partition coefficient (Wildman–Crippen LogP) is 2.46. The van der Waals surface area contributed by atoms with Gasteiger partial charge in [-0.15, -0.1) is 0 Å². The van der Waals surface area contributed by atoms with Crippen LogP contribution in [0.3, 0.4) is 0 Å². The van der Waals surface area contributed by atoms with Crippen molar-refractivity contribution < 1.29 is 4.79 Å². The lowest BCUT2D eigenvalue weighted by molar-refractivity contribution is 0.101. The highest BCUT2D eigenvalue weighted by Crippen LogP contribution is 2.10. The number of Topliss-reactive ketones (excluding diaryl/α,β-unsaturated/α-hetero) is 1. The lowest BCUT2D eigenvalue weighted by atomic mass is 10.0. The molecule has 1 heteroatoms. The molecule has 0 aliphatic carbocycles.